The van der Waals surface area contributed by atoms with Crippen LogP contribution >= 0.6 is 0 Å². The summed E-state index contributed by atoms with van der Waals surface area (Å²) in [5.41, 5.74) is 2.85. The number of para-hydroxylation sites is 1. The SMILES string of the molecule is O=C(NC[C@H]1CCCO1)c1cn(-c2ccccc2)nc1-c1cccnc1. The van der Waals surface area contributed by atoms with Gasteiger partial charge in [0.05, 0.1) is 17.4 Å². The number of benzene rings is 1. The molecule has 1 fully saturated rings. The summed E-state index contributed by atoms with van der Waals surface area (Å²) in [5.74, 6) is -0.151. The van der Waals surface area contributed by atoms with Gasteiger partial charge in [0.15, 0.2) is 0 Å². The van der Waals surface area contributed by atoms with Gasteiger partial charge in [-0.1, -0.05) is 18.2 Å². The summed E-state index contributed by atoms with van der Waals surface area (Å²) in [4.78, 5) is 17.0. The molecule has 26 heavy (non-hydrogen) atoms. The highest BCUT2D eigenvalue weighted by Gasteiger charge is 2.21. The summed E-state index contributed by atoms with van der Waals surface area (Å²) in [6, 6.07) is 13.5. The molecule has 6 nitrogen and oxygen atoms in total. The fourth-order valence-corrected chi connectivity index (χ4v) is 3.08. The average molecular weight is 348 g/mol. The molecule has 0 saturated carbocycles. The van der Waals surface area contributed by atoms with E-state index in [2.05, 4.69) is 15.4 Å². The fraction of sp³-hybridized carbons (Fsp3) is 0.250. The molecule has 3 aromatic rings. The van der Waals surface area contributed by atoms with Gasteiger partial charge in [-0.3, -0.25) is 9.78 Å². The van der Waals surface area contributed by atoms with Crippen molar-refractivity contribution in [3.63, 3.8) is 0 Å². The van der Waals surface area contributed by atoms with Crippen molar-refractivity contribution in [1.29, 1.82) is 0 Å². The third kappa shape index (κ3) is 3.50. The molecular formula is C20H20N4O2. The Kier molecular flexibility index (Phi) is 4.75. The molecule has 132 valence electrons. The summed E-state index contributed by atoms with van der Waals surface area (Å²) in [5, 5.41) is 7.61. The molecule has 3 heterocycles. The smallest absolute Gasteiger partial charge is 0.255 e. The molecule has 1 N–H and O–H groups in total. The van der Waals surface area contributed by atoms with Crippen molar-refractivity contribution in [2.45, 2.75) is 18.9 Å². The van der Waals surface area contributed by atoms with Crippen molar-refractivity contribution in [1.82, 2.24) is 20.1 Å². The zero-order chi connectivity index (χ0) is 17.8. The van der Waals surface area contributed by atoms with Crippen LogP contribution in [-0.2, 0) is 4.74 Å². The van der Waals surface area contributed by atoms with Crippen LogP contribution in [0, 0.1) is 0 Å². The van der Waals surface area contributed by atoms with Gasteiger partial charge in [0, 0.05) is 37.3 Å². The predicted octanol–water partition coefficient (Wildman–Crippen LogP) is 2.84. The monoisotopic (exact) mass is 348 g/mol. The lowest BCUT2D eigenvalue weighted by Gasteiger charge is -2.10. The van der Waals surface area contributed by atoms with Crippen LogP contribution in [0.15, 0.2) is 61.1 Å². The Hall–Kier alpha value is -2.99. The lowest BCUT2D eigenvalue weighted by molar-refractivity contribution is 0.0858. The lowest BCUT2D eigenvalue weighted by atomic mass is 10.1. The molecule has 1 aliphatic heterocycles. The Balaban J connectivity index is 1.65. The molecule has 1 saturated heterocycles. The molecule has 4 rings (SSSR count). The lowest BCUT2D eigenvalue weighted by Crippen LogP contribution is -2.31. The van der Waals surface area contributed by atoms with E-state index in [0.29, 0.717) is 17.8 Å². The first-order valence-electron chi connectivity index (χ1n) is 8.76. The first-order chi connectivity index (χ1) is 12.8. The van der Waals surface area contributed by atoms with Crippen LogP contribution in [-0.4, -0.2) is 39.9 Å². The number of carbonyl (C=O) groups is 1. The zero-order valence-electron chi connectivity index (χ0n) is 14.3. The summed E-state index contributed by atoms with van der Waals surface area (Å²) < 4.78 is 7.31. The topological polar surface area (TPSA) is 69.0 Å². The van der Waals surface area contributed by atoms with E-state index in [-0.39, 0.29) is 12.0 Å². The molecule has 0 aliphatic carbocycles. The van der Waals surface area contributed by atoms with Gasteiger partial charge in [0.2, 0.25) is 0 Å². The highest BCUT2D eigenvalue weighted by atomic mass is 16.5. The van der Waals surface area contributed by atoms with Crippen LogP contribution in [0.5, 0.6) is 0 Å². The zero-order valence-corrected chi connectivity index (χ0v) is 14.3. The molecule has 2 aromatic heterocycles. The first kappa shape index (κ1) is 16.5. The van der Waals surface area contributed by atoms with Crippen molar-refractivity contribution in [2.75, 3.05) is 13.2 Å². The van der Waals surface area contributed by atoms with E-state index in [9.17, 15) is 4.79 Å². The molecular weight excluding hydrogens is 328 g/mol. The van der Waals surface area contributed by atoms with Crippen LogP contribution in [0.25, 0.3) is 16.9 Å². The van der Waals surface area contributed by atoms with Gasteiger partial charge in [-0.25, -0.2) is 4.68 Å². The molecule has 1 atom stereocenters. The quantitative estimate of drug-likeness (QED) is 0.770. The van der Waals surface area contributed by atoms with E-state index in [4.69, 9.17) is 4.74 Å². The molecule has 0 radical (unpaired) electrons. The third-order valence-corrected chi connectivity index (χ3v) is 4.43. The average Bonchev–Trinajstić information content (AvgIpc) is 3.37. The Bertz CT molecular complexity index is 871. The highest BCUT2D eigenvalue weighted by Crippen LogP contribution is 2.23. The summed E-state index contributed by atoms with van der Waals surface area (Å²) in [6.45, 7) is 1.29. The summed E-state index contributed by atoms with van der Waals surface area (Å²) in [7, 11) is 0. The number of nitrogens with one attached hydrogen (secondary N) is 1. The number of ether oxygens (including phenoxy) is 1. The van der Waals surface area contributed by atoms with Crippen molar-refractivity contribution in [3.05, 3.63) is 66.6 Å². The van der Waals surface area contributed by atoms with E-state index < -0.39 is 0 Å². The second kappa shape index (κ2) is 7.49. The molecule has 1 aliphatic rings. The highest BCUT2D eigenvalue weighted by molar-refractivity contribution is 5.99. The minimum absolute atomic E-state index is 0.102. The van der Waals surface area contributed by atoms with Gasteiger partial charge in [0.1, 0.15) is 5.69 Å². The van der Waals surface area contributed by atoms with Gasteiger partial charge >= 0.3 is 0 Å². The number of rotatable bonds is 5. The number of hydrogen-bond acceptors (Lipinski definition) is 4. The van der Waals surface area contributed by atoms with Crippen molar-refractivity contribution in [3.8, 4) is 16.9 Å². The van der Waals surface area contributed by atoms with E-state index in [0.717, 1.165) is 30.7 Å². The Labute approximate surface area is 151 Å². The van der Waals surface area contributed by atoms with Crippen LogP contribution in [0.1, 0.15) is 23.2 Å². The maximum absolute atomic E-state index is 12.8. The van der Waals surface area contributed by atoms with Gasteiger partial charge in [-0.05, 0) is 37.1 Å². The Morgan fingerprint density at radius 2 is 2.12 bits per heavy atom. The number of carbonyl (C=O) groups excluding carboxylic acids is 1. The van der Waals surface area contributed by atoms with Gasteiger partial charge in [0.25, 0.3) is 5.91 Å². The van der Waals surface area contributed by atoms with Crippen molar-refractivity contribution < 1.29 is 9.53 Å². The molecule has 0 bridgehead atoms. The van der Waals surface area contributed by atoms with Gasteiger partial charge < -0.3 is 10.1 Å². The molecule has 1 amide bonds. The van der Waals surface area contributed by atoms with Crippen LogP contribution in [0.2, 0.25) is 0 Å². The van der Waals surface area contributed by atoms with Crippen LogP contribution in [0.4, 0.5) is 0 Å². The second-order valence-electron chi connectivity index (χ2n) is 6.26. The second-order valence-corrected chi connectivity index (χ2v) is 6.26. The molecule has 1 aromatic carbocycles. The van der Waals surface area contributed by atoms with E-state index in [1.54, 1.807) is 23.3 Å². The van der Waals surface area contributed by atoms with E-state index >= 15 is 0 Å². The van der Waals surface area contributed by atoms with Gasteiger partial charge in [-0.15, -0.1) is 0 Å². The number of hydrogen-bond donors (Lipinski definition) is 1. The maximum atomic E-state index is 12.8. The minimum Gasteiger partial charge on any atom is -0.376 e. The fourth-order valence-electron chi connectivity index (χ4n) is 3.08. The number of amides is 1. The normalized spacial score (nSPS) is 16.5. The summed E-state index contributed by atoms with van der Waals surface area (Å²) >= 11 is 0. The van der Waals surface area contributed by atoms with E-state index in [1.807, 2.05) is 42.5 Å². The number of aromatic nitrogens is 3. The van der Waals surface area contributed by atoms with Crippen molar-refractivity contribution >= 4 is 5.91 Å². The third-order valence-electron chi connectivity index (χ3n) is 4.43. The number of pyridine rings is 1. The van der Waals surface area contributed by atoms with Crippen LogP contribution < -0.4 is 5.32 Å². The Morgan fingerprint density at radius 3 is 2.85 bits per heavy atom. The minimum atomic E-state index is -0.151. The van der Waals surface area contributed by atoms with Crippen LogP contribution in [0.3, 0.4) is 0 Å². The van der Waals surface area contributed by atoms with E-state index in [1.165, 1.54) is 0 Å². The maximum Gasteiger partial charge on any atom is 0.255 e. The largest absolute Gasteiger partial charge is 0.376 e. The molecule has 6 heteroatoms. The first-order valence-corrected chi connectivity index (χ1v) is 8.76. The number of nitrogens with zero attached hydrogens (tertiary/aromatic N) is 3. The summed E-state index contributed by atoms with van der Waals surface area (Å²) in [6.07, 6.45) is 7.32. The Morgan fingerprint density at radius 1 is 1.23 bits per heavy atom. The molecule has 0 unspecified atom stereocenters. The standard InChI is InChI=1S/C20H20N4O2/c25-20(22-13-17-9-5-11-26-17)18-14-24(16-7-2-1-3-8-16)23-19(18)15-6-4-10-21-12-15/h1-4,6-8,10,12,14,17H,5,9,11,13H2,(H,22,25)/t17-/m1/s1. The van der Waals surface area contributed by atoms with Crippen molar-refractivity contribution in [2.24, 2.45) is 0 Å². The molecule has 0 spiro atoms. The van der Waals surface area contributed by atoms with Gasteiger partial charge in [-0.2, -0.15) is 5.10 Å². The predicted molar refractivity (Wildman–Crippen MR) is 98.1 cm³/mol.